The van der Waals surface area contributed by atoms with Crippen molar-refractivity contribution in [3.63, 3.8) is 0 Å². The van der Waals surface area contributed by atoms with Crippen molar-refractivity contribution < 1.29 is 0 Å². The summed E-state index contributed by atoms with van der Waals surface area (Å²) in [6, 6.07) is 8.03. The third kappa shape index (κ3) is 2.94. The second-order valence-electron chi connectivity index (χ2n) is 4.00. The summed E-state index contributed by atoms with van der Waals surface area (Å²) >= 11 is 0. The van der Waals surface area contributed by atoms with Crippen LogP contribution in [-0.2, 0) is 0 Å². The van der Waals surface area contributed by atoms with Crippen molar-refractivity contribution >= 4 is 17.6 Å². The molecular formula is C13H17N5. The Morgan fingerprint density at radius 3 is 2.44 bits per heavy atom. The highest BCUT2D eigenvalue weighted by atomic mass is 15.2. The summed E-state index contributed by atoms with van der Waals surface area (Å²) in [6.45, 7) is 6.69. The topological polar surface area (TPSA) is 62.7 Å². The fourth-order valence-corrected chi connectivity index (χ4v) is 1.61. The van der Waals surface area contributed by atoms with E-state index in [0.29, 0.717) is 17.7 Å². The molecule has 0 atom stereocenters. The number of aryl methyl sites for hydroxylation is 2. The van der Waals surface area contributed by atoms with Gasteiger partial charge in [-0.2, -0.15) is 15.0 Å². The van der Waals surface area contributed by atoms with Crippen LogP contribution in [0.15, 0.2) is 24.3 Å². The quantitative estimate of drug-likeness (QED) is 0.864. The molecule has 0 amide bonds. The van der Waals surface area contributed by atoms with Crippen molar-refractivity contribution in [3.8, 4) is 0 Å². The number of rotatable bonds is 4. The van der Waals surface area contributed by atoms with E-state index in [2.05, 4.69) is 25.6 Å². The molecule has 0 spiro atoms. The lowest BCUT2D eigenvalue weighted by molar-refractivity contribution is 0.968. The van der Waals surface area contributed by atoms with Crippen molar-refractivity contribution in [2.45, 2.75) is 20.8 Å². The minimum Gasteiger partial charge on any atom is -0.354 e. The van der Waals surface area contributed by atoms with E-state index in [1.807, 2.05) is 45.0 Å². The van der Waals surface area contributed by atoms with Gasteiger partial charge in [0, 0.05) is 12.2 Å². The molecule has 0 aliphatic rings. The molecule has 1 heterocycles. The molecule has 5 nitrogen and oxygen atoms in total. The summed E-state index contributed by atoms with van der Waals surface area (Å²) in [5.74, 6) is 1.85. The lowest BCUT2D eigenvalue weighted by atomic mass is 10.2. The molecule has 0 bridgehead atoms. The average Bonchev–Trinajstić information content (AvgIpc) is 2.32. The van der Waals surface area contributed by atoms with E-state index in [4.69, 9.17) is 0 Å². The first-order valence-electron chi connectivity index (χ1n) is 5.98. The number of hydrogen-bond donors (Lipinski definition) is 2. The number of hydrogen-bond acceptors (Lipinski definition) is 5. The number of anilines is 3. The summed E-state index contributed by atoms with van der Waals surface area (Å²) in [7, 11) is 0. The molecule has 94 valence electrons. The molecule has 1 aromatic heterocycles. The molecule has 0 aliphatic heterocycles. The van der Waals surface area contributed by atoms with Gasteiger partial charge in [-0.05, 0) is 32.4 Å². The van der Waals surface area contributed by atoms with E-state index >= 15 is 0 Å². The Morgan fingerprint density at radius 1 is 1.00 bits per heavy atom. The van der Waals surface area contributed by atoms with E-state index in [1.165, 1.54) is 0 Å². The molecule has 0 unspecified atom stereocenters. The van der Waals surface area contributed by atoms with E-state index < -0.39 is 0 Å². The van der Waals surface area contributed by atoms with Gasteiger partial charge in [0.25, 0.3) is 0 Å². The van der Waals surface area contributed by atoms with E-state index in [-0.39, 0.29) is 0 Å². The van der Waals surface area contributed by atoms with Crippen LogP contribution in [0.25, 0.3) is 0 Å². The lowest BCUT2D eigenvalue weighted by Crippen LogP contribution is -2.08. The summed E-state index contributed by atoms with van der Waals surface area (Å²) in [5.41, 5.74) is 2.16. The average molecular weight is 243 g/mol. The molecule has 2 N–H and O–H groups in total. The Morgan fingerprint density at radius 2 is 1.72 bits per heavy atom. The van der Waals surface area contributed by atoms with E-state index in [1.54, 1.807) is 0 Å². The second-order valence-corrected chi connectivity index (χ2v) is 4.00. The van der Waals surface area contributed by atoms with Crippen LogP contribution in [0.1, 0.15) is 18.3 Å². The van der Waals surface area contributed by atoms with Crippen LogP contribution in [0.5, 0.6) is 0 Å². The largest absolute Gasteiger partial charge is 0.354 e. The van der Waals surface area contributed by atoms with Gasteiger partial charge in [0.2, 0.25) is 11.9 Å². The van der Waals surface area contributed by atoms with Crippen LogP contribution >= 0.6 is 0 Å². The fraction of sp³-hybridized carbons (Fsp3) is 0.308. The maximum atomic E-state index is 4.32. The Labute approximate surface area is 107 Å². The molecule has 0 saturated carbocycles. The monoisotopic (exact) mass is 243 g/mol. The highest BCUT2D eigenvalue weighted by Gasteiger charge is 2.04. The molecule has 5 heteroatoms. The van der Waals surface area contributed by atoms with Gasteiger partial charge in [-0.25, -0.2) is 0 Å². The number of benzene rings is 1. The maximum absolute atomic E-state index is 4.32. The zero-order valence-electron chi connectivity index (χ0n) is 10.9. The molecule has 18 heavy (non-hydrogen) atoms. The second kappa shape index (κ2) is 5.44. The highest BCUT2D eigenvalue weighted by molar-refractivity contribution is 5.58. The zero-order valence-corrected chi connectivity index (χ0v) is 10.9. The summed E-state index contributed by atoms with van der Waals surface area (Å²) in [6.07, 6.45) is 0. The smallest absolute Gasteiger partial charge is 0.232 e. The first kappa shape index (κ1) is 12.3. The van der Waals surface area contributed by atoms with Crippen LogP contribution in [0.2, 0.25) is 0 Å². The Bertz CT molecular complexity index is 539. The third-order valence-electron chi connectivity index (χ3n) is 2.47. The van der Waals surface area contributed by atoms with Crippen LogP contribution < -0.4 is 10.6 Å². The molecule has 2 aromatic rings. The molecule has 2 rings (SSSR count). The van der Waals surface area contributed by atoms with Crippen molar-refractivity contribution in [3.05, 3.63) is 35.7 Å². The fourth-order valence-electron chi connectivity index (χ4n) is 1.61. The Kier molecular flexibility index (Phi) is 3.72. The van der Waals surface area contributed by atoms with Gasteiger partial charge < -0.3 is 10.6 Å². The molecule has 0 aliphatic carbocycles. The number of nitrogens with one attached hydrogen (secondary N) is 2. The van der Waals surface area contributed by atoms with Gasteiger partial charge in [-0.15, -0.1) is 0 Å². The maximum Gasteiger partial charge on any atom is 0.232 e. The van der Waals surface area contributed by atoms with Gasteiger partial charge in [0.15, 0.2) is 0 Å². The predicted molar refractivity (Wildman–Crippen MR) is 73.2 cm³/mol. The lowest BCUT2D eigenvalue weighted by Gasteiger charge is -2.09. The van der Waals surface area contributed by atoms with Crippen LogP contribution in [0.4, 0.5) is 17.6 Å². The summed E-state index contributed by atoms with van der Waals surface area (Å²) < 4.78 is 0. The Balaban J connectivity index is 2.26. The Hall–Kier alpha value is -2.17. The van der Waals surface area contributed by atoms with Crippen LogP contribution in [0, 0.1) is 13.8 Å². The first-order valence-corrected chi connectivity index (χ1v) is 5.98. The minimum atomic E-state index is 0.563. The van der Waals surface area contributed by atoms with Gasteiger partial charge >= 0.3 is 0 Å². The number of aromatic nitrogens is 3. The molecular weight excluding hydrogens is 226 g/mol. The van der Waals surface area contributed by atoms with Crippen LogP contribution in [-0.4, -0.2) is 21.5 Å². The van der Waals surface area contributed by atoms with Crippen molar-refractivity contribution in [1.29, 1.82) is 0 Å². The molecule has 0 fully saturated rings. The van der Waals surface area contributed by atoms with E-state index in [9.17, 15) is 0 Å². The summed E-state index contributed by atoms with van der Waals surface area (Å²) in [4.78, 5) is 12.8. The number of para-hydroxylation sites is 1. The van der Waals surface area contributed by atoms with Crippen LogP contribution in [0.3, 0.4) is 0 Å². The SMILES string of the molecule is CCNc1nc(C)nc(Nc2ccccc2C)n1. The molecule has 0 radical (unpaired) electrons. The van der Waals surface area contributed by atoms with Crippen molar-refractivity contribution in [2.75, 3.05) is 17.2 Å². The number of nitrogens with zero attached hydrogens (tertiary/aromatic N) is 3. The van der Waals surface area contributed by atoms with Gasteiger partial charge in [-0.1, -0.05) is 18.2 Å². The predicted octanol–water partition coefficient (Wildman–Crippen LogP) is 2.66. The normalized spacial score (nSPS) is 10.2. The zero-order chi connectivity index (χ0) is 13.0. The first-order chi connectivity index (χ1) is 8.69. The highest BCUT2D eigenvalue weighted by Crippen LogP contribution is 2.17. The van der Waals surface area contributed by atoms with E-state index in [0.717, 1.165) is 17.8 Å². The van der Waals surface area contributed by atoms with Gasteiger partial charge in [-0.3, -0.25) is 0 Å². The minimum absolute atomic E-state index is 0.563. The summed E-state index contributed by atoms with van der Waals surface area (Å²) in [5, 5.41) is 6.30. The third-order valence-corrected chi connectivity index (χ3v) is 2.47. The van der Waals surface area contributed by atoms with Crippen molar-refractivity contribution in [1.82, 2.24) is 15.0 Å². The van der Waals surface area contributed by atoms with Gasteiger partial charge in [0.1, 0.15) is 5.82 Å². The molecule has 0 saturated heterocycles. The van der Waals surface area contributed by atoms with Gasteiger partial charge in [0.05, 0.1) is 0 Å². The van der Waals surface area contributed by atoms with Crippen molar-refractivity contribution in [2.24, 2.45) is 0 Å². The standard InChI is InChI=1S/C13H17N5/c1-4-14-12-15-10(3)16-13(18-12)17-11-8-6-5-7-9(11)2/h5-8H,4H2,1-3H3,(H2,14,15,16,17,18). The molecule has 1 aromatic carbocycles.